The van der Waals surface area contributed by atoms with Crippen LogP contribution in [0.25, 0.3) is 0 Å². The highest BCUT2D eigenvalue weighted by Gasteiger charge is 2.09. The topological polar surface area (TPSA) is 27.7 Å². The van der Waals surface area contributed by atoms with Gasteiger partial charge in [0.05, 0.1) is 0 Å². The standard InChI is InChI=1S/C17H35N3O/c1-3-19(12-7-5-6-8-17-21-4-2)13-9-14-20-15-10-18-11-16-20/h5-6,18H,3-4,7-17H2,1-2H3/b6-5-. The first kappa shape index (κ1) is 18.6. The molecular weight excluding hydrogens is 262 g/mol. The fourth-order valence-electron chi connectivity index (χ4n) is 2.67. The van der Waals surface area contributed by atoms with Crippen LogP contribution in [0.2, 0.25) is 0 Å². The lowest BCUT2D eigenvalue weighted by molar-refractivity contribution is 0.152. The first-order valence-corrected chi connectivity index (χ1v) is 8.75. The van der Waals surface area contributed by atoms with E-state index in [0.717, 1.165) is 45.7 Å². The van der Waals surface area contributed by atoms with Gasteiger partial charge in [-0.05, 0) is 45.8 Å². The van der Waals surface area contributed by atoms with Crippen molar-refractivity contribution in [3.05, 3.63) is 12.2 Å². The van der Waals surface area contributed by atoms with E-state index in [1.807, 2.05) is 6.92 Å². The minimum Gasteiger partial charge on any atom is -0.381 e. The Morgan fingerprint density at radius 2 is 1.86 bits per heavy atom. The highest BCUT2D eigenvalue weighted by Crippen LogP contribution is 1.99. The molecule has 0 aromatic carbocycles. The van der Waals surface area contributed by atoms with Crippen LogP contribution in [0, 0.1) is 0 Å². The fourth-order valence-corrected chi connectivity index (χ4v) is 2.67. The lowest BCUT2D eigenvalue weighted by Crippen LogP contribution is -2.44. The van der Waals surface area contributed by atoms with Gasteiger partial charge in [-0.3, -0.25) is 0 Å². The van der Waals surface area contributed by atoms with Crippen molar-refractivity contribution >= 4 is 0 Å². The van der Waals surface area contributed by atoms with Crippen LogP contribution in [-0.4, -0.2) is 75.4 Å². The number of rotatable bonds is 12. The molecule has 0 bridgehead atoms. The van der Waals surface area contributed by atoms with Gasteiger partial charge in [0.2, 0.25) is 0 Å². The molecule has 4 nitrogen and oxygen atoms in total. The summed E-state index contributed by atoms with van der Waals surface area (Å²) in [4.78, 5) is 5.15. The molecule has 1 fully saturated rings. The van der Waals surface area contributed by atoms with Crippen molar-refractivity contribution < 1.29 is 4.74 Å². The van der Waals surface area contributed by atoms with E-state index in [0.29, 0.717) is 0 Å². The molecule has 0 aromatic rings. The molecule has 0 aromatic heterocycles. The summed E-state index contributed by atoms with van der Waals surface area (Å²) in [5.41, 5.74) is 0. The number of nitrogens with one attached hydrogen (secondary N) is 1. The monoisotopic (exact) mass is 297 g/mol. The van der Waals surface area contributed by atoms with Gasteiger partial charge in [-0.25, -0.2) is 0 Å². The van der Waals surface area contributed by atoms with E-state index >= 15 is 0 Å². The maximum atomic E-state index is 5.32. The van der Waals surface area contributed by atoms with Gasteiger partial charge < -0.3 is 19.9 Å². The summed E-state index contributed by atoms with van der Waals surface area (Å²) in [6, 6.07) is 0. The molecule has 0 saturated carbocycles. The van der Waals surface area contributed by atoms with Crippen LogP contribution in [0.15, 0.2) is 12.2 Å². The van der Waals surface area contributed by atoms with E-state index in [-0.39, 0.29) is 0 Å². The number of nitrogens with zero attached hydrogens (tertiary/aromatic N) is 2. The van der Waals surface area contributed by atoms with Crippen molar-refractivity contribution in [3.63, 3.8) is 0 Å². The molecule has 1 aliphatic heterocycles. The second-order valence-corrected chi connectivity index (χ2v) is 5.63. The molecule has 124 valence electrons. The van der Waals surface area contributed by atoms with Gasteiger partial charge in [-0.15, -0.1) is 0 Å². The summed E-state index contributed by atoms with van der Waals surface area (Å²) in [7, 11) is 0. The Hall–Kier alpha value is -0.420. The van der Waals surface area contributed by atoms with Gasteiger partial charge in [-0.2, -0.15) is 0 Å². The average Bonchev–Trinajstić information content (AvgIpc) is 2.53. The number of hydrogen-bond acceptors (Lipinski definition) is 4. The fraction of sp³-hybridized carbons (Fsp3) is 0.882. The van der Waals surface area contributed by atoms with Crippen molar-refractivity contribution in [1.82, 2.24) is 15.1 Å². The van der Waals surface area contributed by atoms with Crippen LogP contribution in [0.4, 0.5) is 0 Å². The number of piperazine rings is 1. The minimum atomic E-state index is 0.824. The SMILES string of the molecule is CCOCC/C=C\CCN(CC)CCCN1CCNCC1. The first-order valence-electron chi connectivity index (χ1n) is 8.75. The van der Waals surface area contributed by atoms with Crippen molar-refractivity contribution in [2.75, 3.05) is 65.6 Å². The summed E-state index contributed by atoms with van der Waals surface area (Å²) in [6.07, 6.45) is 8.06. The Kier molecular flexibility index (Phi) is 11.8. The lowest BCUT2D eigenvalue weighted by atomic mass is 10.2. The predicted octanol–water partition coefficient (Wildman–Crippen LogP) is 1.98. The highest BCUT2D eigenvalue weighted by atomic mass is 16.5. The van der Waals surface area contributed by atoms with Gasteiger partial charge in [0.15, 0.2) is 0 Å². The van der Waals surface area contributed by atoms with Crippen LogP contribution >= 0.6 is 0 Å². The average molecular weight is 297 g/mol. The van der Waals surface area contributed by atoms with Crippen LogP contribution in [0.3, 0.4) is 0 Å². The summed E-state index contributed by atoms with van der Waals surface area (Å²) in [5.74, 6) is 0. The van der Waals surface area contributed by atoms with E-state index in [4.69, 9.17) is 4.74 Å². The van der Waals surface area contributed by atoms with Crippen molar-refractivity contribution in [2.24, 2.45) is 0 Å². The normalized spacial score (nSPS) is 17.1. The maximum Gasteiger partial charge on any atom is 0.0500 e. The van der Waals surface area contributed by atoms with E-state index in [1.54, 1.807) is 0 Å². The smallest absolute Gasteiger partial charge is 0.0500 e. The van der Waals surface area contributed by atoms with Gasteiger partial charge in [0.1, 0.15) is 0 Å². The molecule has 4 heteroatoms. The Morgan fingerprint density at radius 3 is 2.57 bits per heavy atom. The van der Waals surface area contributed by atoms with Crippen LogP contribution in [0.1, 0.15) is 33.1 Å². The molecule has 0 aliphatic carbocycles. The summed E-state index contributed by atoms with van der Waals surface area (Å²) >= 11 is 0. The molecule has 21 heavy (non-hydrogen) atoms. The molecule has 0 atom stereocenters. The molecule has 1 heterocycles. The number of ether oxygens (including phenoxy) is 1. The zero-order valence-corrected chi connectivity index (χ0v) is 14.1. The first-order chi connectivity index (χ1) is 10.4. The third-order valence-electron chi connectivity index (χ3n) is 4.02. The zero-order chi connectivity index (χ0) is 15.2. The van der Waals surface area contributed by atoms with Gasteiger partial charge in [0.25, 0.3) is 0 Å². The Balaban J connectivity index is 2.00. The lowest BCUT2D eigenvalue weighted by Gasteiger charge is -2.28. The predicted molar refractivity (Wildman–Crippen MR) is 90.9 cm³/mol. The Labute approximate surface area is 131 Å². The second kappa shape index (κ2) is 13.3. The molecule has 0 amide bonds. The highest BCUT2D eigenvalue weighted by molar-refractivity contribution is 4.82. The largest absolute Gasteiger partial charge is 0.381 e. The number of hydrogen-bond donors (Lipinski definition) is 1. The zero-order valence-electron chi connectivity index (χ0n) is 14.1. The second-order valence-electron chi connectivity index (χ2n) is 5.63. The van der Waals surface area contributed by atoms with E-state index in [1.165, 1.54) is 39.1 Å². The van der Waals surface area contributed by atoms with Crippen LogP contribution < -0.4 is 5.32 Å². The molecule has 0 spiro atoms. The maximum absolute atomic E-state index is 5.32. The third-order valence-corrected chi connectivity index (χ3v) is 4.02. The molecule has 1 N–H and O–H groups in total. The Morgan fingerprint density at radius 1 is 1.10 bits per heavy atom. The van der Waals surface area contributed by atoms with Gasteiger partial charge in [0, 0.05) is 45.9 Å². The van der Waals surface area contributed by atoms with Crippen molar-refractivity contribution in [2.45, 2.75) is 33.1 Å². The van der Waals surface area contributed by atoms with Gasteiger partial charge >= 0.3 is 0 Å². The van der Waals surface area contributed by atoms with E-state index < -0.39 is 0 Å². The van der Waals surface area contributed by atoms with E-state index in [2.05, 4.69) is 34.2 Å². The summed E-state index contributed by atoms with van der Waals surface area (Å²) in [6.45, 7) is 15.6. The molecule has 1 saturated heterocycles. The van der Waals surface area contributed by atoms with Crippen molar-refractivity contribution in [3.8, 4) is 0 Å². The van der Waals surface area contributed by atoms with Gasteiger partial charge in [-0.1, -0.05) is 19.1 Å². The molecule has 0 unspecified atom stereocenters. The molecule has 1 aliphatic rings. The van der Waals surface area contributed by atoms with E-state index in [9.17, 15) is 0 Å². The quantitative estimate of drug-likeness (QED) is 0.440. The summed E-state index contributed by atoms with van der Waals surface area (Å²) in [5, 5.41) is 3.41. The molecule has 1 rings (SSSR count). The van der Waals surface area contributed by atoms with Crippen LogP contribution in [-0.2, 0) is 4.74 Å². The molecule has 0 radical (unpaired) electrons. The third kappa shape index (κ3) is 10.0. The minimum absolute atomic E-state index is 0.824. The van der Waals surface area contributed by atoms with Crippen molar-refractivity contribution in [1.29, 1.82) is 0 Å². The molecular formula is C17H35N3O. The van der Waals surface area contributed by atoms with Crippen LogP contribution in [0.5, 0.6) is 0 Å². The Bertz CT molecular complexity index is 252. The summed E-state index contributed by atoms with van der Waals surface area (Å²) < 4.78 is 5.32.